The Morgan fingerprint density at radius 2 is 2.24 bits per heavy atom. The van der Waals surface area contributed by atoms with E-state index in [1.54, 1.807) is 11.3 Å². The molecule has 0 saturated heterocycles. The van der Waals surface area contributed by atoms with E-state index in [9.17, 15) is 4.79 Å². The summed E-state index contributed by atoms with van der Waals surface area (Å²) in [5, 5.41) is 13.6. The number of aliphatic hydroxyl groups excluding tert-OH is 1. The van der Waals surface area contributed by atoms with Gasteiger partial charge in [-0.1, -0.05) is 24.8 Å². The van der Waals surface area contributed by atoms with Gasteiger partial charge in [0.2, 0.25) is 5.91 Å². The van der Waals surface area contributed by atoms with Crippen LogP contribution in [0.4, 0.5) is 5.69 Å². The Labute approximate surface area is 128 Å². The summed E-state index contributed by atoms with van der Waals surface area (Å²) in [6.45, 7) is 1.88. The van der Waals surface area contributed by atoms with Crippen molar-refractivity contribution in [1.29, 1.82) is 0 Å². The number of thiophene rings is 1. The number of aliphatic hydroxyl groups is 1. The van der Waals surface area contributed by atoms with E-state index in [0.717, 1.165) is 28.1 Å². The first-order valence-corrected chi connectivity index (χ1v) is 7.65. The molecule has 1 aromatic heterocycles. The number of aryl methyl sites for hydroxylation is 1. The first kappa shape index (κ1) is 15.3. The molecule has 1 amide bonds. The first-order chi connectivity index (χ1) is 10.2. The van der Waals surface area contributed by atoms with E-state index in [4.69, 9.17) is 5.11 Å². The van der Waals surface area contributed by atoms with Gasteiger partial charge in [0, 0.05) is 16.1 Å². The van der Waals surface area contributed by atoms with Crippen molar-refractivity contribution < 1.29 is 9.90 Å². The molecule has 0 saturated carbocycles. The van der Waals surface area contributed by atoms with Crippen molar-refractivity contribution in [2.75, 3.05) is 11.9 Å². The van der Waals surface area contributed by atoms with E-state index in [0.29, 0.717) is 6.42 Å². The number of hydrogen-bond donors (Lipinski definition) is 2. The normalized spacial score (nSPS) is 9.81. The van der Waals surface area contributed by atoms with Gasteiger partial charge in [-0.25, -0.2) is 0 Å². The average Bonchev–Trinajstić information content (AvgIpc) is 2.98. The smallest absolute Gasteiger partial charge is 0.229 e. The minimum atomic E-state index is -0.152. The Bertz CT molecular complexity index is 666. The van der Waals surface area contributed by atoms with Crippen LogP contribution in [-0.4, -0.2) is 17.6 Å². The maximum absolute atomic E-state index is 12.0. The maximum atomic E-state index is 12.0. The van der Waals surface area contributed by atoms with Crippen molar-refractivity contribution in [3.8, 4) is 11.8 Å². The zero-order valence-electron chi connectivity index (χ0n) is 11.8. The summed E-state index contributed by atoms with van der Waals surface area (Å²) < 4.78 is 0. The largest absolute Gasteiger partial charge is 0.384 e. The lowest BCUT2D eigenvalue weighted by Gasteiger charge is -2.10. The molecule has 0 aliphatic carbocycles. The number of hydrogen-bond acceptors (Lipinski definition) is 3. The van der Waals surface area contributed by atoms with Crippen molar-refractivity contribution in [2.24, 2.45) is 0 Å². The summed E-state index contributed by atoms with van der Waals surface area (Å²) in [4.78, 5) is 13.1. The Balaban J connectivity index is 2.10. The molecular weight excluding hydrogens is 282 g/mol. The Morgan fingerprint density at radius 1 is 1.38 bits per heavy atom. The number of amides is 1. The third-order valence-electron chi connectivity index (χ3n) is 2.99. The van der Waals surface area contributed by atoms with E-state index in [-0.39, 0.29) is 12.5 Å². The standard InChI is InChI=1S/C17H17NO2S/c1-2-14-11-13(5-3-9-19)7-8-16(14)18-17(20)12-15-6-4-10-21-15/h4,6-8,10-11,19H,2,9,12H2,1H3,(H,18,20). The number of carbonyl (C=O) groups is 1. The van der Waals surface area contributed by atoms with Crippen LogP contribution in [0.3, 0.4) is 0 Å². The summed E-state index contributed by atoms with van der Waals surface area (Å²) in [5.41, 5.74) is 2.71. The predicted octanol–water partition coefficient (Wildman–Crippen LogP) is 2.84. The van der Waals surface area contributed by atoms with Gasteiger partial charge in [0.1, 0.15) is 6.61 Å². The Morgan fingerprint density at radius 3 is 2.90 bits per heavy atom. The molecule has 4 heteroatoms. The highest BCUT2D eigenvalue weighted by atomic mass is 32.1. The molecule has 2 N–H and O–H groups in total. The lowest BCUT2D eigenvalue weighted by molar-refractivity contribution is -0.115. The van der Waals surface area contributed by atoms with Crippen LogP contribution in [0.15, 0.2) is 35.7 Å². The predicted molar refractivity (Wildman–Crippen MR) is 86.4 cm³/mol. The highest BCUT2D eigenvalue weighted by molar-refractivity contribution is 7.10. The van der Waals surface area contributed by atoms with Crippen LogP contribution >= 0.6 is 11.3 Å². The summed E-state index contributed by atoms with van der Waals surface area (Å²) in [5.74, 6) is 5.49. The van der Waals surface area contributed by atoms with Crippen LogP contribution in [0.25, 0.3) is 0 Å². The van der Waals surface area contributed by atoms with Gasteiger partial charge in [0.15, 0.2) is 0 Å². The van der Waals surface area contributed by atoms with Gasteiger partial charge in [-0.3, -0.25) is 4.79 Å². The molecule has 3 nitrogen and oxygen atoms in total. The van der Waals surface area contributed by atoms with Gasteiger partial charge in [0.25, 0.3) is 0 Å². The van der Waals surface area contributed by atoms with E-state index in [2.05, 4.69) is 17.2 Å². The number of carbonyl (C=O) groups excluding carboxylic acids is 1. The van der Waals surface area contributed by atoms with Gasteiger partial charge in [-0.05, 0) is 41.6 Å². The molecule has 0 aliphatic rings. The van der Waals surface area contributed by atoms with Crippen LogP contribution < -0.4 is 5.32 Å². The van der Waals surface area contributed by atoms with E-state index >= 15 is 0 Å². The molecule has 0 atom stereocenters. The molecule has 0 bridgehead atoms. The number of rotatable bonds is 4. The van der Waals surface area contributed by atoms with Crippen LogP contribution in [0.5, 0.6) is 0 Å². The molecule has 21 heavy (non-hydrogen) atoms. The van der Waals surface area contributed by atoms with E-state index < -0.39 is 0 Å². The number of benzene rings is 1. The summed E-state index contributed by atoms with van der Waals surface area (Å²) in [7, 11) is 0. The molecule has 108 valence electrons. The lowest BCUT2D eigenvalue weighted by Crippen LogP contribution is -2.15. The molecule has 2 rings (SSSR count). The summed E-state index contributed by atoms with van der Waals surface area (Å²) >= 11 is 1.58. The third kappa shape index (κ3) is 4.45. The maximum Gasteiger partial charge on any atom is 0.229 e. The second kappa shape index (κ2) is 7.63. The summed E-state index contributed by atoms with van der Waals surface area (Å²) in [6.07, 6.45) is 1.20. The van der Waals surface area contributed by atoms with Gasteiger partial charge in [0.05, 0.1) is 6.42 Å². The SMILES string of the molecule is CCc1cc(C#CCO)ccc1NC(=O)Cc1cccs1. The van der Waals surface area contributed by atoms with Crippen LogP contribution in [0.1, 0.15) is 22.9 Å². The topological polar surface area (TPSA) is 49.3 Å². The molecular formula is C17H17NO2S. The number of anilines is 1. The molecule has 0 unspecified atom stereocenters. The minimum Gasteiger partial charge on any atom is -0.384 e. The molecule has 1 aromatic carbocycles. The molecule has 0 fully saturated rings. The second-order valence-corrected chi connectivity index (χ2v) is 5.52. The fraction of sp³-hybridized carbons (Fsp3) is 0.235. The first-order valence-electron chi connectivity index (χ1n) is 6.77. The van der Waals surface area contributed by atoms with Crippen molar-refractivity contribution in [3.05, 3.63) is 51.7 Å². The third-order valence-corrected chi connectivity index (χ3v) is 3.86. The number of nitrogens with one attached hydrogen (secondary N) is 1. The van der Waals surface area contributed by atoms with Crippen molar-refractivity contribution in [2.45, 2.75) is 19.8 Å². The zero-order chi connectivity index (χ0) is 15.1. The molecule has 1 heterocycles. The van der Waals surface area contributed by atoms with Crippen molar-refractivity contribution in [1.82, 2.24) is 0 Å². The van der Waals surface area contributed by atoms with Gasteiger partial charge in [-0.2, -0.15) is 0 Å². The zero-order valence-corrected chi connectivity index (χ0v) is 12.7. The van der Waals surface area contributed by atoms with Crippen molar-refractivity contribution in [3.63, 3.8) is 0 Å². The van der Waals surface area contributed by atoms with Crippen LogP contribution in [0.2, 0.25) is 0 Å². The fourth-order valence-corrected chi connectivity index (χ4v) is 2.70. The van der Waals surface area contributed by atoms with Crippen LogP contribution in [-0.2, 0) is 17.6 Å². The quantitative estimate of drug-likeness (QED) is 0.853. The Hall–Kier alpha value is -2.09. The van der Waals surface area contributed by atoms with E-state index in [1.807, 2.05) is 42.6 Å². The highest BCUT2D eigenvalue weighted by Crippen LogP contribution is 2.19. The van der Waals surface area contributed by atoms with Crippen LogP contribution in [0, 0.1) is 11.8 Å². The highest BCUT2D eigenvalue weighted by Gasteiger charge is 2.08. The fourth-order valence-electron chi connectivity index (χ4n) is 1.99. The lowest BCUT2D eigenvalue weighted by atomic mass is 10.1. The van der Waals surface area contributed by atoms with Gasteiger partial charge >= 0.3 is 0 Å². The van der Waals surface area contributed by atoms with E-state index in [1.165, 1.54) is 0 Å². The van der Waals surface area contributed by atoms with Gasteiger partial charge in [-0.15, -0.1) is 11.3 Å². The molecule has 0 aliphatic heterocycles. The molecule has 0 spiro atoms. The Kier molecular flexibility index (Phi) is 5.56. The van der Waals surface area contributed by atoms with Gasteiger partial charge < -0.3 is 10.4 Å². The molecule has 0 radical (unpaired) electrons. The summed E-state index contributed by atoms with van der Waals surface area (Å²) in [6, 6.07) is 9.57. The monoisotopic (exact) mass is 299 g/mol. The average molecular weight is 299 g/mol. The molecule has 2 aromatic rings. The minimum absolute atomic E-state index is 0.0126. The second-order valence-electron chi connectivity index (χ2n) is 4.49. The van der Waals surface area contributed by atoms with Crippen molar-refractivity contribution >= 4 is 22.9 Å².